The molecular weight excluding hydrogens is 1120 g/mol. The van der Waals surface area contributed by atoms with E-state index in [1.54, 1.807) is 29.9 Å². The van der Waals surface area contributed by atoms with Crippen LogP contribution in [0.5, 0.6) is 0 Å². The molecule has 9 rings (SSSR count). The number of pyridine rings is 4. The van der Waals surface area contributed by atoms with E-state index in [-0.39, 0.29) is 51.8 Å². The molecule has 9 aromatic rings. The summed E-state index contributed by atoms with van der Waals surface area (Å²) in [6, 6.07) is 68.0. The van der Waals surface area contributed by atoms with Gasteiger partial charge in [0.1, 0.15) is 0 Å². The van der Waals surface area contributed by atoms with Crippen LogP contribution >= 0.6 is 11.3 Å². The maximum absolute atomic E-state index is 10.0. The van der Waals surface area contributed by atoms with Crippen molar-refractivity contribution >= 4 is 27.2 Å². The van der Waals surface area contributed by atoms with Gasteiger partial charge in [0.15, 0.2) is 5.78 Å². The summed E-state index contributed by atoms with van der Waals surface area (Å²) >= 11 is 1.73. The quantitative estimate of drug-likeness (QED) is 0.105. The predicted molar refractivity (Wildman–Crippen MR) is 236 cm³/mol. The second kappa shape index (κ2) is 27.6. The van der Waals surface area contributed by atoms with E-state index in [2.05, 4.69) is 62.4 Å². The Morgan fingerprint density at radius 3 is 1.18 bits per heavy atom. The number of thiophene rings is 1. The van der Waals surface area contributed by atoms with Crippen molar-refractivity contribution in [1.29, 1.82) is 0 Å². The predicted octanol–water partition coefficient (Wildman–Crippen LogP) is 12.4. The molecule has 0 fully saturated rings. The van der Waals surface area contributed by atoms with Crippen molar-refractivity contribution in [1.82, 2.24) is 19.9 Å². The van der Waals surface area contributed by atoms with Crippen molar-refractivity contribution in [3.63, 3.8) is 0 Å². The molecule has 0 saturated heterocycles. The molecular formula is C51H40Ir2N4O2S-. The number of carbonyl (C=O) groups is 1. The molecule has 9 heteroatoms. The number of benzene rings is 4. The minimum Gasteiger partial charge on any atom is -0.512 e. The van der Waals surface area contributed by atoms with Gasteiger partial charge < -0.3 is 25.0 Å². The molecule has 5 aromatic heterocycles. The number of rotatable bonds is 5. The van der Waals surface area contributed by atoms with Gasteiger partial charge in [-0.3, -0.25) is 4.79 Å². The van der Waals surface area contributed by atoms with Crippen LogP contribution in [0.25, 0.3) is 54.4 Å². The summed E-state index contributed by atoms with van der Waals surface area (Å²) in [5.41, 5.74) is 7.03. The Kier molecular flexibility index (Phi) is 22.2. The SMILES string of the molecule is CC(=O)C=C(C)O.[Ir+3].[Ir].[c-]1c(-c2ccccn2)sc2ccccc12.[c-]1ccccc1-c1ccccn1.[c-]1ccccc1-c1ccccn1.[c-]1ccccc1-c1ccccn1. The first kappa shape index (κ1) is 48.3. The number of aliphatic hydroxyl groups excluding tert-OH is 1. The zero-order valence-corrected chi connectivity index (χ0v) is 38.4. The first-order valence-electron chi connectivity index (χ1n) is 18.3. The van der Waals surface area contributed by atoms with E-state index in [0.717, 1.165) is 44.3 Å². The first-order valence-corrected chi connectivity index (χ1v) is 19.1. The normalized spacial score (nSPS) is 9.80. The third kappa shape index (κ3) is 17.0. The minimum absolute atomic E-state index is 0. The standard InChI is InChI=1S/C13H8NS.3C11H8N.C5H8O2.2Ir/c1-2-7-12-10(5-1)9-13(15-12)11-6-3-4-8-14-11;3*1-2-6-10(7-3-1)11-8-4-5-9-12-11;1-4(6)3-5(2)7;;/h1-8H;3*1-6,8-9H;3,6H,1-2H3;;/q4*-1;;;+3. The van der Waals surface area contributed by atoms with Crippen LogP contribution in [-0.4, -0.2) is 30.8 Å². The molecule has 0 aliphatic rings. The fourth-order valence-corrected chi connectivity index (χ4v) is 6.03. The number of hydrogen-bond acceptors (Lipinski definition) is 7. The van der Waals surface area contributed by atoms with Crippen molar-refractivity contribution in [2.75, 3.05) is 0 Å². The van der Waals surface area contributed by atoms with Crippen molar-refractivity contribution in [2.45, 2.75) is 13.8 Å². The average molecular weight is 1160 g/mol. The van der Waals surface area contributed by atoms with E-state index >= 15 is 0 Å². The Hall–Kier alpha value is -6.05. The van der Waals surface area contributed by atoms with E-state index in [1.165, 1.54) is 30.0 Å². The molecule has 1 N–H and O–H groups in total. The number of fused-ring (bicyclic) bond motifs is 1. The Morgan fingerprint density at radius 1 is 0.517 bits per heavy atom. The molecule has 5 heterocycles. The molecule has 301 valence electrons. The van der Waals surface area contributed by atoms with Gasteiger partial charge in [0.2, 0.25) is 0 Å². The number of aromatic nitrogens is 4. The molecule has 0 aliphatic heterocycles. The molecule has 4 aromatic carbocycles. The van der Waals surface area contributed by atoms with E-state index in [9.17, 15) is 4.79 Å². The van der Waals surface area contributed by atoms with Crippen LogP contribution in [0.2, 0.25) is 0 Å². The Balaban J connectivity index is 0.000000202. The fourth-order valence-electron chi connectivity index (χ4n) is 5.05. The average Bonchev–Trinajstić information content (AvgIpc) is 3.74. The molecule has 0 aliphatic carbocycles. The first-order chi connectivity index (χ1) is 28.5. The van der Waals surface area contributed by atoms with Crippen molar-refractivity contribution in [3.05, 3.63) is 231 Å². The topological polar surface area (TPSA) is 88.9 Å². The van der Waals surface area contributed by atoms with Gasteiger partial charge in [-0.05, 0) is 64.8 Å². The number of ketones is 1. The van der Waals surface area contributed by atoms with Crippen LogP contribution in [0.4, 0.5) is 0 Å². The zero-order valence-electron chi connectivity index (χ0n) is 32.8. The number of aliphatic hydroxyl groups is 1. The third-order valence-electron chi connectivity index (χ3n) is 7.61. The molecule has 0 amide bonds. The van der Waals surface area contributed by atoms with Crippen LogP contribution in [-0.2, 0) is 45.0 Å². The van der Waals surface area contributed by atoms with Crippen LogP contribution in [0.3, 0.4) is 0 Å². The number of allylic oxidation sites excluding steroid dienone is 2. The van der Waals surface area contributed by atoms with E-state index in [4.69, 9.17) is 5.11 Å². The van der Waals surface area contributed by atoms with Crippen molar-refractivity contribution < 1.29 is 50.1 Å². The molecule has 0 atom stereocenters. The Labute approximate surface area is 383 Å². The number of nitrogens with zero attached hydrogens (tertiary/aromatic N) is 4. The molecule has 0 saturated carbocycles. The smallest absolute Gasteiger partial charge is 0.512 e. The van der Waals surface area contributed by atoms with Crippen LogP contribution in [0, 0.1) is 24.3 Å². The molecule has 6 nitrogen and oxygen atoms in total. The largest absolute Gasteiger partial charge is 3.00 e. The number of hydrogen-bond donors (Lipinski definition) is 1. The van der Waals surface area contributed by atoms with Gasteiger partial charge in [0.05, 0.1) is 5.76 Å². The molecule has 1 radical (unpaired) electrons. The van der Waals surface area contributed by atoms with E-state index in [1.807, 2.05) is 158 Å². The second-order valence-corrected chi connectivity index (χ2v) is 13.2. The van der Waals surface area contributed by atoms with E-state index < -0.39 is 0 Å². The summed E-state index contributed by atoms with van der Waals surface area (Å²) in [5, 5.41) is 9.53. The zero-order chi connectivity index (χ0) is 40.6. The van der Waals surface area contributed by atoms with Crippen molar-refractivity contribution in [3.8, 4) is 44.3 Å². The molecule has 0 unspecified atom stereocenters. The summed E-state index contributed by atoms with van der Waals surface area (Å²) in [6.07, 6.45) is 8.34. The number of carbonyl (C=O) groups excluding carboxylic acids is 1. The second-order valence-electron chi connectivity index (χ2n) is 12.1. The maximum Gasteiger partial charge on any atom is 3.00 e. The van der Waals surface area contributed by atoms with Crippen molar-refractivity contribution in [2.24, 2.45) is 0 Å². The van der Waals surface area contributed by atoms with E-state index in [0.29, 0.717) is 0 Å². The fraction of sp³-hybridized carbons (Fsp3) is 0.0392. The van der Waals surface area contributed by atoms with Crippen LogP contribution in [0.1, 0.15) is 13.8 Å². The van der Waals surface area contributed by atoms with Gasteiger partial charge in [-0.2, -0.15) is 0 Å². The van der Waals surface area contributed by atoms with Crippen LogP contribution < -0.4 is 0 Å². The van der Waals surface area contributed by atoms with Crippen LogP contribution in [0.15, 0.2) is 206 Å². The molecule has 60 heavy (non-hydrogen) atoms. The summed E-state index contributed by atoms with van der Waals surface area (Å²) in [6.45, 7) is 2.85. The van der Waals surface area contributed by atoms with Gasteiger partial charge in [-0.1, -0.05) is 60.7 Å². The summed E-state index contributed by atoms with van der Waals surface area (Å²) in [7, 11) is 0. The molecule has 0 spiro atoms. The molecule has 0 bridgehead atoms. The minimum atomic E-state index is -0.125. The van der Waals surface area contributed by atoms with Gasteiger partial charge in [-0.25, -0.2) is 11.3 Å². The van der Waals surface area contributed by atoms with Gasteiger partial charge in [0.25, 0.3) is 0 Å². The Bertz CT molecular complexity index is 2200. The van der Waals surface area contributed by atoms with Gasteiger partial charge in [-0.15, -0.1) is 131 Å². The summed E-state index contributed by atoms with van der Waals surface area (Å²) in [4.78, 5) is 28.1. The maximum atomic E-state index is 10.0. The summed E-state index contributed by atoms with van der Waals surface area (Å²) in [5.74, 6) is -0.0625. The monoisotopic (exact) mass is 1160 g/mol. The Morgan fingerprint density at radius 2 is 0.883 bits per heavy atom. The van der Waals surface area contributed by atoms with Gasteiger partial charge in [0, 0.05) is 56.7 Å². The summed E-state index contributed by atoms with van der Waals surface area (Å²) < 4.78 is 1.26. The van der Waals surface area contributed by atoms with Gasteiger partial charge >= 0.3 is 20.1 Å². The third-order valence-corrected chi connectivity index (χ3v) is 8.70.